The van der Waals surface area contributed by atoms with Crippen LogP contribution in [0.25, 0.3) is 11.0 Å². The van der Waals surface area contributed by atoms with Crippen molar-refractivity contribution in [2.24, 2.45) is 0 Å². The van der Waals surface area contributed by atoms with Gasteiger partial charge in [-0.1, -0.05) is 0 Å². The predicted octanol–water partition coefficient (Wildman–Crippen LogP) is 1.64. The van der Waals surface area contributed by atoms with Gasteiger partial charge in [-0.25, -0.2) is 9.37 Å². The number of rotatable bonds is 6. The number of methoxy groups -OCH3 is 1. The van der Waals surface area contributed by atoms with E-state index >= 15 is 0 Å². The van der Waals surface area contributed by atoms with E-state index in [1.165, 1.54) is 6.07 Å². The number of nitrogen functional groups attached to an aromatic ring is 1. The minimum atomic E-state index is -0.251. The van der Waals surface area contributed by atoms with E-state index in [0.717, 1.165) is 18.6 Å². The first-order chi connectivity index (χ1) is 9.52. The van der Waals surface area contributed by atoms with Crippen LogP contribution in [0, 0.1) is 12.7 Å². The highest BCUT2D eigenvalue weighted by Gasteiger charge is 2.11. The van der Waals surface area contributed by atoms with Crippen LogP contribution in [-0.2, 0) is 11.3 Å². The fourth-order valence-corrected chi connectivity index (χ4v) is 2.13. The third kappa shape index (κ3) is 3.08. The van der Waals surface area contributed by atoms with Crippen molar-refractivity contribution in [3.8, 4) is 0 Å². The second-order valence-corrected chi connectivity index (χ2v) is 5.01. The van der Waals surface area contributed by atoms with Gasteiger partial charge in [0.25, 0.3) is 0 Å². The number of imidazole rings is 1. The summed E-state index contributed by atoms with van der Waals surface area (Å²) in [6.07, 6.45) is 0. The van der Waals surface area contributed by atoms with Crippen molar-refractivity contribution in [2.75, 3.05) is 39.6 Å². The molecule has 0 atom stereocenters. The molecular weight excluding hydrogens is 259 g/mol. The summed E-state index contributed by atoms with van der Waals surface area (Å²) in [5.41, 5.74) is 8.01. The number of ether oxygens (including phenoxy) is 1. The van der Waals surface area contributed by atoms with E-state index in [9.17, 15) is 4.39 Å². The lowest BCUT2D eigenvalue weighted by Crippen LogP contribution is -2.27. The average Bonchev–Trinajstić information content (AvgIpc) is 2.70. The van der Waals surface area contributed by atoms with E-state index in [4.69, 9.17) is 10.5 Å². The van der Waals surface area contributed by atoms with Crippen LogP contribution in [0.4, 0.5) is 10.3 Å². The Hall–Kier alpha value is -1.66. The predicted molar refractivity (Wildman–Crippen MR) is 78.2 cm³/mol. The maximum absolute atomic E-state index is 13.5. The van der Waals surface area contributed by atoms with Crippen LogP contribution >= 0.6 is 0 Å². The van der Waals surface area contributed by atoms with Gasteiger partial charge in [-0.2, -0.15) is 0 Å². The smallest absolute Gasteiger partial charge is 0.201 e. The van der Waals surface area contributed by atoms with Crippen LogP contribution in [0.2, 0.25) is 0 Å². The second kappa shape index (κ2) is 6.19. The minimum absolute atomic E-state index is 0.251. The minimum Gasteiger partial charge on any atom is -0.383 e. The normalized spacial score (nSPS) is 11.7. The van der Waals surface area contributed by atoms with Crippen LogP contribution in [0.5, 0.6) is 0 Å². The number of likely N-dealkylation sites (N-methyl/N-ethyl adjacent to an activating group) is 1. The zero-order chi connectivity index (χ0) is 14.7. The molecule has 0 radical (unpaired) electrons. The van der Waals surface area contributed by atoms with Crippen molar-refractivity contribution in [2.45, 2.75) is 13.5 Å². The molecule has 20 heavy (non-hydrogen) atoms. The SMILES string of the molecule is COCCN(C)CCn1c(N)nc2cc(F)c(C)cc21. The summed E-state index contributed by atoms with van der Waals surface area (Å²) in [5.74, 6) is 0.171. The number of nitrogens with two attached hydrogens (primary N) is 1. The largest absolute Gasteiger partial charge is 0.383 e. The maximum atomic E-state index is 13.5. The number of aromatic nitrogens is 2. The summed E-state index contributed by atoms with van der Waals surface area (Å²) < 4.78 is 20.5. The Morgan fingerprint density at radius 3 is 2.85 bits per heavy atom. The number of hydrogen-bond donors (Lipinski definition) is 1. The second-order valence-electron chi connectivity index (χ2n) is 5.01. The Kier molecular flexibility index (Phi) is 4.57. The highest BCUT2D eigenvalue weighted by atomic mass is 19.1. The Labute approximate surface area is 118 Å². The lowest BCUT2D eigenvalue weighted by atomic mass is 10.2. The van der Waals surface area contributed by atoms with E-state index < -0.39 is 0 Å². The summed E-state index contributed by atoms with van der Waals surface area (Å²) >= 11 is 0. The fourth-order valence-electron chi connectivity index (χ4n) is 2.13. The molecule has 1 aromatic heterocycles. The number of benzene rings is 1. The molecule has 2 aromatic rings. The Balaban J connectivity index is 2.17. The van der Waals surface area contributed by atoms with Crippen molar-refractivity contribution in [1.82, 2.24) is 14.5 Å². The van der Waals surface area contributed by atoms with E-state index in [0.29, 0.717) is 30.2 Å². The number of hydrogen-bond acceptors (Lipinski definition) is 4. The number of aryl methyl sites for hydroxylation is 1. The number of fused-ring (bicyclic) bond motifs is 1. The van der Waals surface area contributed by atoms with Gasteiger partial charge >= 0.3 is 0 Å². The molecular formula is C14H21FN4O. The molecule has 1 aromatic carbocycles. The number of nitrogens with zero attached hydrogens (tertiary/aromatic N) is 3. The van der Waals surface area contributed by atoms with E-state index in [-0.39, 0.29) is 5.82 Å². The molecule has 0 saturated carbocycles. The first-order valence-electron chi connectivity index (χ1n) is 6.62. The van der Waals surface area contributed by atoms with Gasteiger partial charge in [0.2, 0.25) is 5.95 Å². The Morgan fingerprint density at radius 1 is 1.40 bits per heavy atom. The summed E-state index contributed by atoms with van der Waals surface area (Å²) in [6.45, 7) is 4.84. The molecule has 0 unspecified atom stereocenters. The van der Waals surface area contributed by atoms with Crippen LogP contribution in [0.1, 0.15) is 5.56 Å². The summed E-state index contributed by atoms with van der Waals surface area (Å²) in [7, 11) is 3.71. The molecule has 0 aliphatic rings. The van der Waals surface area contributed by atoms with Crippen LogP contribution in [0.15, 0.2) is 12.1 Å². The van der Waals surface area contributed by atoms with Gasteiger partial charge in [-0.3, -0.25) is 0 Å². The Bertz CT molecular complexity index is 596. The molecule has 0 saturated heterocycles. The van der Waals surface area contributed by atoms with E-state index in [1.54, 1.807) is 20.1 Å². The fraction of sp³-hybridized carbons (Fsp3) is 0.500. The quantitative estimate of drug-likeness (QED) is 0.874. The Morgan fingerprint density at radius 2 is 2.15 bits per heavy atom. The monoisotopic (exact) mass is 280 g/mol. The van der Waals surface area contributed by atoms with Crippen molar-refractivity contribution < 1.29 is 9.13 Å². The van der Waals surface area contributed by atoms with Gasteiger partial charge in [0.15, 0.2) is 0 Å². The van der Waals surface area contributed by atoms with Crippen molar-refractivity contribution in [1.29, 1.82) is 0 Å². The van der Waals surface area contributed by atoms with Gasteiger partial charge in [-0.05, 0) is 25.6 Å². The molecule has 5 nitrogen and oxygen atoms in total. The molecule has 6 heteroatoms. The third-order valence-corrected chi connectivity index (χ3v) is 3.44. The van der Waals surface area contributed by atoms with E-state index in [2.05, 4.69) is 9.88 Å². The zero-order valence-corrected chi connectivity index (χ0v) is 12.2. The molecule has 0 fully saturated rings. The van der Waals surface area contributed by atoms with Gasteiger partial charge in [0.05, 0.1) is 17.6 Å². The average molecular weight is 280 g/mol. The zero-order valence-electron chi connectivity index (χ0n) is 12.2. The number of halogens is 1. The molecule has 0 amide bonds. The van der Waals surface area contributed by atoms with Gasteiger partial charge in [0.1, 0.15) is 5.82 Å². The molecule has 0 aliphatic carbocycles. The summed E-state index contributed by atoms with van der Waals surface area (Å²) in [6, 6.07) is 3.23. The molecule has 2 N–H and O–H groups in total. The molecule has 2 rings (SSSR count). The number of anilines is 1. The van der Waals surface area contributed by atoms with Crippen molar-refractivity contribution >= 4 is 17.0 Å². The first kappa shape index (κ1) is 14.7. The molecule has 110 valence electrons. The van der Waals surface area contributed by atoms with E-state index in [1.807, 2.05) is 11.6 Å². The first-order valence-corrected chi connectivity index (χ1v) is 6.62. The standard InChI is InChI=1S/C14H21FN4O/c1-10-8-13-12(9-11(10)15)17-14(16)19(13)5-4-18(2)6-7-20-3/h8-9H,4-7H2,1-3H3,(H2,16,17). The van der Waals surface area contributed by atoms with Crippen molar-refractivity contribution in [3.63, 3.8) is 0 Å². The molecule has 1 heterocycles. The van der Waals surface area contributed by atoms with Gasteiger partial charge in [0, 0.05) is 32.8 Å². The van der Waals surface area contributed by atoms with Crippen LogP contribution in [-0.4, -0.2) is 48.3 Å². The lowest BCUT2D eigenvalue weighted by Gasteiger charge is -2.17. The third-order valence-electron chi connectivity index (χ3n) is 3.44. The van der Waals surface area contributed by atoms with Crippen molar-refractivity contribution in [3.05, 3.63) is 23.5 Å². The maximum Gasteiger partial charge on any atom is 0.201 e. The summed E-state index contributed by atoms with van der Waals surface area (Å²) in [5, 5.41) is 0. The van der Waals surface area contributed by atoms with Gasteiger partial charge < -0.3 is 19.9 Å². The molecule has 0 spiro atoms. The lowest BCUT2D eigenvalue weighted by molar-refractivity contribution is 0.159. The van der Waals surface area contributed by atoms with Gasteiger partial charge in [-0.15, -0.1) is 0 Å². The highest BCUT2D eigenvalue weighted by molar-refractivity contribution is 5.79. The topological polar surface area (TPSA) is 56.3 Å². The molecule has 0 bridgehead atoms. The molecule has 0 aliphatic heterocycles. The van der Waals surface area contributed by atoms with Crippen LogP contribution < -0.4 is 5.73 Å². The highest BCUT2D eigenvalue weighted by Crippen LogP contribution is 2.21. The summed E-state index contributed by atoms with van der Waals surface area (Å²) in [4.78, 5) is 6.37. The van der Waals surface area contributed by atoms with Crippen LogP contribution in [0.3, 0.4) is 0 Å².